The highest BCUT2D eigenvalue weighted by Crippen LogP contribution is 2.29. The molecular formula is C14H20N2O2. The molecule has 4 nitrogen and oxygen atoms in total. The molecule has 0 aromatic heterocycles. The van der Waals surface area contributed by atoms with Crippen LogP contribution >= 0.6 is 0 Å². The van der Waals surface area contributed by atoms with Crippen LogP contribution in [0.5, 0.6) is 5.75 Å². The van der Waals surface area contributed by atoms with Crippen LogP contribution in [0.2, 0.25) is 0 Å². The monoisotopic (exact) mass is 248 g/mol. The van der Waals surface area contributed by atoms with Gasteiger partial charge in [0.25, 0.3) is 0 Å². The van der Waals surface area contributed by atoms with Crippen molar-refractivity contribution in [2.75, 3.05) is 12.4 Å². The zero-order chi connectivity index (χ0) is 13.3. The summed E-state index contributed by atoms with van der Waals surface area (Å²) in [4.78, 5) is 11.9. The van der Waals surface area contributed by atoms with Crippen LogP contribution in [0.25, 0.3) is 0 Å². The third kappa shape index (κ3) is 2.48. The van der Waals surface area contributed by atoms with Crippen molar-refractivity contribution in [2.45, 2.75) is 32.7 Å². The Morgan fingerprint density at radius 1 is 1.33 bits per heavy atom. The number of carbonyl (C=O) groups is 1. The maximum Gasteiger partial charge on any atom is 0.227 e. The van der Waals surface area contributed by atoms with Crippen LogP contribution in [0.15, 0.2) is 12.1 Å². The average molecular weight is 248 g/mol. The van der Waals surface area contributed by atoms with E-state index in [4.69, 9.17) is 10.5 Å². The van der Waals surface area contributed by atoms with Gasteiger partial charge in [-0.2, -0.15) is 0 Å². The number of anilines is 1. The fourth-order valence-corrected chi connectivity index (χ4v) is 2.46. The maximum atomic E-state index is 11.9. The minimum atomic E-state index is 0.0701. The summed E-state index contributed by atoms with van der Waals surface area (Å²) in [5.74, 6) is 1.02. The molecule has 1 aliphatic carbocycles. The molecule has 0 saturated heterocycles. The van der Waals surface area contributed by atoms with Gasteiger partial charge in [0, 0.05) is 17.6 Å². The molecule has 0 atom stereocenters. The Labute approximate surface area is 108 Å². The first-order valence-electron chi connectivity index (χ1n) is 6.23. The second kappa shape index (κ2) is 4.98. The third-order valence-electron chi connectivity index (χ3n) is 3.48. The van der Waals surface area contributed by atoms with Gasteiger partial charge in [0.1, 0.15) is 5.75 Å². The van der Waals surface area contributed by atoms with E-state index in [-0.39, 0.29) is 17.9 Å². The van der Waals surface area contributed by atoms with Gasteiger partial charge in [0.15, 0.2) is 0 Å². The van der Waals surface area contributed by atoms with Crippen LogP contribution in [0.1, 0.15) is 24.0 Å². The molecule has 1 saturated carbocycles. The molecule has 1 fully saturated rings. The van der Waals surface area contributed by atoms with Gasteiger partial charge in [-0.25, -0.2) is 0 Å². The first-order valence-corrected chi connectivity index (χ1v) is 6.23. The number of aryl methyl sites for hydroxylation is 2. The molecule has 4 heteroatoms. The van der Waals surface area contributed by atoms with Crippen molar-refractivity contribution in [2.24, 2.45) is 11.7 Å². The molecule has 1 aromatic rings. The number of carbonyl (C=O) groups excluding carboxylic acids is 1. The Morgan fingerprint density at radius 2 is 1.89 bits per heavy atom. The van der Waals surface area contributed by atoms with E-state index < -0.39 is 0 Å². The van der Waals surface area contributed by atoms with Crippen molar-refractivity contribution < 1.29 is 9.53 Å². The highest BCUT2D eigenvalue weighted by molar-refractivity contribution is 5.93. The van der Waals surface area contributed by atoms with Crippen molar-refractivity contribution >= 4 is 11.6 Å². The summed E-state index contributed by atoms with van der Waals surface area (Å²) in [7, 11) is 1.66. The number of hydrogen-bond acceptors (Lipinski definition) is 3. The molecular weight excluding hydrogens is 228 g/mol. The Balaban J connectivity index is 2.08. The molecule has 1 aromatic carbocycles. The molecule has 98 valence electrons. The smallest absolute Gasteiger partial charge is 0.227 e. The zero-order valence-electron chi connectivity index (χ0n) is 11.1. The molecule has 1 amide bonds. The van der Waals surface area contributed by atoms with Crippen molar-refractivity contribution in [1.82, 2.24) is 0 Å². The van der Waals surface area contributed by atoms with Crippen LogP contribution in [-0.4, -0.2) is 19.1 Å². The first kappa shape index (κ1) is 12.9. The van der Waals surface area contributed by atoms with Crippen molar-refractivity contribution in [3.8, 4) is 5.75 Å². The molecule has 0 radical (unpaired) electrons. The molecule has 0 spiro atoms. The van der Waals surface area contributed by atoms with Crippen molar-refractivity contribution in [3.63, 3.8) is 0 Å². The number of amides is 1. The van der Waals surface area contributed by atoms with E-state index >= 15 is 0 Å². The standard InChI is InChI=1S/C14H20N2O2/c1-8-4-12(5-9(2)13(8)18-3)16-14(17)10-6-11(15)7-10/h4-5,10-11H,6-7,15H2,1-3H3,(H,16,17). The van der Waals surface area contributed by atoms with Crippen molar-refractivity contribution in [3.05, 3.63) is 23.3 Å². The van der Waals surface area contributed by atoms with Gasteiger partial charge < -0.3 is 15.8 Å². The largest absolute Gasteiger partial charge is 0.496 e. The molecule has 0 heterocycles. The Bertz CT molecular complexity index is 442. The van der Waals surface area contributed by atoms with E-state index in [0.717, 1.165) is 35.4 Å². The first-order chi connectivity index (χ1) is 8.51. The van der Waals surface area contributed by atoms with Gasteiger partial charge in [-0.1, -0.05) is 0 Å². The Morgan fingerprint density at radius 3 is 2.33 bits per heavy atom. The highest BCUT2D eigenvalue weighted by atomic mass is 16.5. The number of hydrogen-bond donors (Lipinski definition) is 2. The average Bonchev–Trinajstić information content (AvgIpc) is 2.24. The molecule has 0 aliphatic heterocycles. The number of nitrogens with one attached hydrogen (secondary N) is 1. The lowest BCUT2D eigenvalue weighted by molar-refractivity contribution is -0.122. The summed E-state index contributed by atoms with van der Waals surface area (Å²) in [5.41, 5.74) is 8.57. The minimum absolute atomic E-state index is 0.0701. The normalized spacial score (nSPS) is 22.2. The maximum absolute atomic E-state index is 11.9. The van der Waals surface area contributed by atoms with E-state index in [1.165, 1.54) is 0 Å². The molecule has 0 bridgehead atoms. The van der Waals surface area contributed by atoms with Gasteiger partial charge in [-0.05, 0) is 49.9 Å². The van der Waals surface area contributed by atoms with Crippen LogP contribution in [-0.2, 0) is 4.79 Å². The molecule has 2 rings (SSSR count). The Kier molecular flexibility index (Phi) is 3.57. The van der Waals surface area contributed by atoms with Crippen LogP contribution in [0.4, 0.5) is 5.69 Å². The summed E-state index contributed by atoms with van der Waals surface area (Å²) >= 11 is 0. The highest BCUT2D eigenvalue weighted by Gasteiger charge is 2.31. The predicted octanol–water partition coefficient (Wildman–Crippen LogP) is 1.99. The number of nitrogens with two attached hydrogens (primary N) is 1. The SMILES string of the molecule is COc1c(C)cc(NC(=O)C2CC(N)C2)cc1C. The quantitative estimate of drug-likeness (QED) is 0.859. The Hall–Kier alpha value is -1.55. The van der Waals surface area contributed by atoms with E-state index in [2.05, 4.69) is 5.32 Å². The van der Waals surface area contributed by atoms with Gasteiger partial charge in [0.2, 0.25) is 5.91 Å². The topological polar surface area (TPSA) is 64.3 Å². The fourth-order valence-electron chi connectivity index (χ4n) is 2.46. The van der Waals surface area contributed by atoms with Gasteiger partial charge >= 0.3 is 0 Å². The summed E-state index contributed by atoms with van der Waals surface area (Å²) in [6, 6.07) is 4.06. The number of ether oxygens (including phenoxy) is 1. The molecule has 0 unspecified atom stereocenters. The summed E-state index contributed by atoms with van der Waals surface area (Å²) in [6.45, 7) is 3.95. The van der Waals surface area contributed by atoms with Crippen LogP contribution in [0.3, 0.4) is 0 Å². The van der Waals surface area contributed by atoms with Crippen LogP contribution in [0, 0.1) is 19.8 Å². The second-order valence-corrected chi connectivity index (χ2v) is 5.06. The number of rotatable bonds is 3. The van der Waals surface area contributed by atoms with Crippen molar-refractivity contribution in [1.29, 1.82) is 0 Å². The summed E-state index contributed by atoms with van der Waals surface area (Å²) < 4.78 is 5.30. The fraction of sp³-hybridized carbons (Fsp3) is 0.500. The van der Waals surface area contributed by atoms with E-state index in [1.54, 1.807) is 7.11 Å². The summed E-state index contributed by atoms with van der Waals surface area (Å²) in [5, 5.41) is 2.95. The predicted molar refractivity (Wildman–Crippen MR) is 71.8 cm³/mol. The third-order valence-corrected chi connectivity index (χ3v) is 3.48. The lowest BCUT2D eigenvalue weighted by Gasteiger charge is -2.31. The van der Waals surface area contributed by atoms with Crippen LogP contribution < -0.4 is 15.8 Å². The number of methoxy groups -OCH3 is 1. The molecule has 1 aliphatic rings. The minimum Gasteiger partial charge on any atom is -0.496 e. The van der Waals surface area contributed by atoms with Gasteiger partial charge in [0.05, 0.1) is 7.11 Å². The van der Waals surface area contributed by atoms with E-state index in [0.29, 0.717) is 0 Å². The number of benzene rings is 1. The second-order valence-electron chi connectivity index (χ2n) is 5.06. The summed E-state index contributed by atoms with van der Waals surface area (Å²) in [6.07, 6.45) is 1.58. The zero-order valence-corrected chi connectivity index (χ0v) is 11.1. The lowest BCUT2D eigenvalue weighted by atomic mass is 9.80. The molecule has 18 heavy (non-hydrogen) atoms. The molecule has 3 N–H and O–H groups in total. The lowest BCUT2D eigenvalue weighted by Crippen LogP contribution is -2.42. The van der Waals surface area contributed by atoms with E-state index in [9.17, 15) is 4.79 Å². The van der Waals surface area contributed by atoms with Gasteiger partial charge in [-0.3, -0.25) is 4.79 Å². The van der Waals surface area contributed by atoms with E-state index in [1.807, 2.05) is 26.0 Å². The van der Waals surface area contributed by atoms with Gasteiger partial charge in [-0.15, -0.1) is 0 Å².